The first-order chi connectivity index (χ1) is 10.5. The first-order valence-electron chi connectivity index (χ1n) is 6.66. The van der Waals surface area contributed by atoms with E-state index in [4.69, 9.17) is 16.0 Å². The summed E-state index contributed by atoms with van der Waals surface area (Å²) >= 11 is 5.90. The maximum Gasteiger partial charge on any atom is 0.321 e. The molecule has 0 aliphatic carbocycles. The second kappa shape index (κ2) is 5.69. The summed E-state index contributed by atoms with van der Waals surface area (Å²) in [6, 6.07) is 9.06. The molecular weight excluding hydrogens is 302 g/mol. The Labute approximate surface area is 132 Å². The number of carbonyl (C=O) groups excluding carboxylic acids is 1. The van der Waals surface area contributed by atoms with Crippen LogP contribution in [0.15, 0.2) is 47.2 Å². The van der Waals surface area contributed by atoms with Crippen molar-refractivity contribution in [1.82, 2.24) is 9.88 Å². The Morgan fingerprint density at radius 3 is 2.68 bits per heavy atom. The Kier molecular flexibility index (Phi) is 3.73. The molecule has 0 bridgehead atoms. The second-order valence-corrected chi connectivity index (χ2v) is 5.49. The maximum atomic E-state index is 11.6. The summed E-state index contributed by atoms with van der Waals surface area (Å²) in [6.45, 7) is 0. The van der Waals surface area contributed by atoms with Gasteiger partial charge in [-0.2, -0.15) is 0 Å². The van der Waals surface area contributed by atoms with Crippen molar-refractivity contribution in [3.05, 3.63) is 47.8 Å². The first kappa shape index (κ1) is 14.4. The van der Waals surface area contributed by atoms with Gasteiger partial charge in [0, 0.05) is 37.6 Å². The van der Waals surface area contributed by atoms with E-state index in [0.29, 0.717) is 10.6 Å². The molecule has 2 amide bonds. The van der Waals surface area contributed by atoms with Crippen LogP contribution in [-0.2, 0) is 0 Å². The molecule has 0 aliphatic rings. The number of furan rings is 1. The maximum absolute atomic E-state index is 11.6. The van der Waals surface area contributed by atoms with E-state index in [0.717, 1.165) is 22.3 Å². The molecule has 1 N–H and O–H groups in total. The molecule has 0 atom stereocenters. The quantitative estimate of drug-likeness (QED) is 0.769. The van der Waals surface area contributed by atoms with Gasteiger partial charge in [-0.25, -0.2) is 4.79 Å². The van der Waals surface area contributed by atoms with Gasteiger partial charge in [-0.1, -0.05) is 23.7 Å². The number of halogens is 1. The molecule has 2 aromatic heterocycles. The number of rotatable bonds is 2. The van der Waals surface area contributed by atoms with E-state index in [1.165, 1.54) is 4.90 Å². The van der Waals surface area contributed by atoms with Gasteiger partial charge >= 0.3 is 6.03 Å². The zero-order chi connectivity index (χ0) is 15.7. The molecule has 0 saturated heterocycles. The number of nitrogens with zero attached hydrogens (tertiary/aromatic N) is 2. The summed E-state index contributed by atoms with van der Waals surface area (Å²) in [5, 5.41) is 3.33. The van der Waals surface area contributed by atoms with Gasteiger partial charge in [0.25, 0.3) is 0 Å². The predicted octanol–water partition coefficient (Wildman–Crippen LogP) is 4.24. The number of amides is 2. The smallest absolute Gasteiger partial charge is 0.321 e. The zero-order valence-electron chi connectivity index (χ0n) is 12.1. The Hall–Kier alpha value is -2.53. The number of fused-ring (bicyclic) bond motifs is 1. The lowest BCUT2D eigenvalue weighted by molar-refractivity contribution is 0.230. The summed E-state index contributed by atoms with van der Waals surface area (Å²) in [5.41, 5.74) is 3.97. The summed E-state index contributed by atoms with van der Waals surface area (Å²) in [5.74, 6) is 0. The normalized spacial score (nSPS) is 10.7. The highest BCUT2D eigenvalue weighted by atomic mass is 35.5. The zero-order valence-corrected chi connectivity index (χ0v) is 12.9. The lowest BCUT2D eigenvalue weighted by Gasteiger charge is -2.12. The molecule has 22 heavy (non-hydrogen) atoms. The van der Waals surface area contributed by atoms with Crippen LogP contribution < -0.4 is 5.32 Å². The molecule has 2 heterocycles. The predicted molar refractivity (Wildman–Crippen MR) is 87.2 cm³/mol. The van der Waals surface area contributed by atoms with Crippen molar-refractivity contribution in [2.75, 3.05) is 19.4 Å². The van der Waals surface area contributed by atoms with Crippen LogP contribution in [0.3, 0.4) is 0 Å². The summed E-state index contributed by atoms with van der Waals surface area (Å²) in [4.78, 5) is 17.4. The van der Waals surface area contributed by atoms with Gasteiger partial charge in [0.2, 0.25) is 0 Å². The van der Waals surface area contributed by atoms with Crippen molar-refractivity contribution in [3.63, 3.8) is 0 Å². The van der Waals surface area contributed by atoms with Gasteiger partial charge in [-0.05, 0) is 17.7 Å². The Morgan fingerprint density at radius 2 is 2.00 bits per heavy atom. The molecule has 6 heteroatoms. The van der Waals surface area contributed by atoms with Crippen LogP contribution in [0.1, 0.15) is 0 Å². The topological polar surface area (TPSA) is 58.4 Å². The van der Waals surface area contributed by atoms with Crippen molar-refractivity contribution in [3.8, 4) is 11.1 Å². The highest BCUT2D eigenvalue weighted by Gasteiger charge is 2.10. The number of carbonyl (C=O) groups is 1. The van der Waals surface area contributed by atoms with Gasteiger partial charge in [0.15, 0.2) is 5.58 Å². The van der Waals surface area contributed by atoms with Gasteiger partial charge in [-0.3, -0.25) is 4.98 Å². The van der Waals surface area contributed by atoms with Crippen molar-refractivity contribution in [2.24, 2.45) is 0 Å². The van der Waals surface area contributed by atoms with E-state index in [1.807, 2.05) is 24.3 Å². The minimum absolute atomic E-state index is 0.169. The van der Waals surface area contributed by atoms with E-state index in [2.05, 4.69) is 10.3 Å². The molecule has 5 nitrogen and oxygen atoms in total. The number of hydrogen-bond acceptors (Lipinski definition) is 3. The van der Waals surface area contributed by atoms with Crippen molar-refractivity contribution >= 4 is 34.4 Å². The molecule has 3 rings (SSSR count). The average Bonchev–Trinajstić information content (AvgIpc) is 2.90. The molecule has 0 aliphatic heterocycles. The standard InChI is InChI=1S/C16H14ClN3O2/c1-20(2)16(21)19-12-5-3-10(4-6-12)13-9-22-14-7-11(17)8-18-15(13)14/h3-9H,1-2H3,(H,19,21). The summed E-state index contributed by atoms with van der Waals surface area (Å²) in [7, 11) is 3.39. The van der Waals surface area contributed by atoms with Crippen molar-refractivity contribution in [1.29, 1.82) is 0 Å². The number of hydrogen-bond donors (Lipinski definition) is 1. The molecular formula is C16H14ClN3O2. The molecule has 112 valence electrons. The van der Waals surface area contributed by atoms with Crippen molar-refractivity contribution < 1.29 is 9.21 Å². The first-order valence-corrected chi connectivity index (χ1v) is 7.04. The number of anilines is 1. The van der Waals surface area contributed by atoms with E-state index >= 15 is 0 Å². The third kappa shape index (κ3) is 2.76. The van der Waals surface area contributed by atoms with Gasteiger partial charge < -0.3 is 14.6 Å². The van der Waals surface area contributed by atoms with E-state index < -0.39 is 0 Å². The van der Waals surface area contributed by atoms with Gasteiger partial charge in [0.05, 0.1) is 5.02 Å². The number of pyridine rings is 1. The van der Waals surface area contributed by atoms with E-state index in [-0.39, 0.29) is 6.03 Å². The molecule has 0 unspecified atom stereocenters. The van der Waals surface area contributed by atoms with Crippen LogP contribution in [0.25, 0.3) is 22.2 Å². The number of aromatic nitrogens is 1. The monoisotopic (exact) mass is 315 g/mol. The molecule has 1 aromatic carbocycles. The molecule has 0 saturated carbocycles. The van der Waals surface area contributed by atoms with Crippen LogP contribution in [0, 0.1) is 0 Å². The van der Waals surface area contributed by atoms with Crippen LogP contribution in [-0.4, -0.2) is 30.0 Å². The SMILES string of the molecule is CN(C)C(=O)Nc1ccc(-c2coc3cc(Cl)cnc23)cc1. The minimum atomic E-state index is -0.169. The minimum Gasteiger partial charge on any atom is -0.462 e. The third-order valence-corrected chi connectivity index (χ3v) is 3.44. The lowest BCUT2D eigenvalue weighted by Crippen LogP contribution is -2.27. The average molecular weight is 316 g/mol. The summed E-state index contributed by atoms with van der Waals surface area (Å²) < 4.78 is 5.49. The van der Waals surface area contributed by atoms with E-state index in [1.54, 1.807) is 32.6 Å². The second-order valence-electron chi connectivity index (χ2n) is 5.05. The van der Waals surface area contributed by atoms with E-state index in [9.17, 15) is 4.79 Å². The molecule has 0 fully saturated rings. The fourth-order valence-electron chi connectivity index (χ4n) is 2.06. The van der Waals surface area contributed by atoms with Crippen LogP contribution in [0.5, 0.6) is 0 Å². The largest absolute Gasteiger partial charge is 0.462 e. The Bertz CT molecular complexity index is 825. The van der Waals surface area contributed by atoms with Gasteiger partial charge in [-0.15, -0.1) is 0 Å². The Balaban J connectivity index is 1.90. The van der Waals surface area contributed by atoms with Crippen LogP contribution in [0.2, 0.25) is 5.02 Å². The molecule has 0 radical (unpaired) electrons. The number of nitrogens with one attached hydrogen (secondary N) is 1. The van der Waals surface area contributed by atoms with Crippen LogP contribution in [0.4, 0.5) is 10.5 Å². The van der Waals surface area contributed by atoms with Crippen molar-refractivity contribution in [2.45, 2.75) is 0 Å². The number of benzene rings is 1. The molecule has 3 aromatic rings. The fraction of sp³-hybridized carbons (Fsp3) is 0.125. The molecule has 0 spiro atoms. The summed E-state index contributed by atoms with van der Waals surface area (Å²) in [6.07, 6.45) is 3.25. The van der Waals surface area contributed by atoms with Crippen LogP contribution >= 0.6 is 11.6 Å². The fourth-order valence-corrected chi connectivity index (χ4v) is 2.21. The third-order valence-electron chi connectivity index (χ3n) is 3.23. The number of urea groups is 1. The Morgan fingerprint density at radius 1 is 1.27 bits per heavy atom. The van der Waals surface area contributed by atoms with Gasteiger partial charge in [0.1, 0.15) is 11.8 Å². The highest BCUT2D eigenvalue weighted by molar-refractivity contribution is 6.31. The lowest BCUT2D eigenvalue weighted by atomic mass is 10.1. The highest BCUT2D eigenvalue weighted by Crippen LogP contribution is 2.31.